The van der Waals surface area contributed by atoms with Gasteiger partial charge >= 0.3 is 0 Å². The Labute approximate surface area is 81.6 Å². The summed E-state index contributed by atoms with van der Waals surface area (Å²) >= 11 is 0. The standard InChI is InChI=1S/C9H12N4O/c1-3-4-7-11-9(13-12-7)8-6(2)10-5-14-8/h5H,3-4H2,1-2H3,(H,11,12,13). The second-order valence-corrected chi connectivity index (χ2v) is 3.12. The molecule has 0 saturated heterocycles. The second kappa shape index (κ2) is 3.61. The molecule has 0 fully saturated rings. The smallest absolute Gasteiger partial charge is 0.218 e. The van der Waals surface area contributed by atoms with Crippen LogP contribution in [0.4, 0.5) is 0 Å². The van der Waals surface area contributed by atoms with Gasteiger partial charge in [-0.15, -0.1) is 5.10 Å². The third-order valence-electron chi connectivity index (χ3n) is 1.97. The van der Waals surface area contributed by atoms with Crippen LogP contribution in [-0.2, 0) is 6.42 Å². The van der Waals surface area contributed by atoms with Crippen LogP contribution in [0.15, 0.2) is 10.8 Å². The van der Waals surface area contributed by atoms with E-state index in [-0.39, 0.29) is 0 Å². The van der Waals surface area contributed by atoms with E-state index in [1.165, 1.54) is 6.39 Å². The first-order valence-corrected chi connectivity index (χ1v) is 4.63. The summed E-state index contributed by atoms with van der Waals surface area (Å²) in [6.07, 6.45) is 3.35. The van der Waals surface area contributed by atoms with E-state index in [2.05, 4.69) is 27.1 Å². The summed E-state index contributed by atoms with van der Waals surface area (Å²) in [4.78, 5) is 8.29. The van der Waals surface area contributed by atoms with Crippen LogP contribution in [0, 0.1) is 6.92 Å². The van der Waals surface area contributed by atoms with Gasteiger partial charge in [-0.05, 0) is 13.3 Å². The molecule has 2 rings (SSSR count). The molecule has 0 bridgehead atoms. The van der Waals surface area contributed by atoms with E-state index in [0.29, 0.717) is 11.6 Å². The molecule has 2 aromatic heterocycles. The summed E-state index contributed by atoms with van der Waals surface area (Å²) in [6, 6.07) is 0. The number of H-pyrrole nitrogens is 1. The molecule has 0 saturated carbocycles. The number of hydrogen-bond acceptors (Lipinski definition) is 4. The fourth-order valence-corrected chi connectivity index (χ4v) is 1.26. The zero-order chi connectivity index (χ0) is 9.97. The van der Waals surface area contributed by atoms with Crippen molar-refractivity contribution in [3.05, 3.63) is 17.9 Å². The minimum atomic E-state index is 0.587. The number of aryl methyl sites for hydroxylation is 2. The van der Waals surface area contributed by atoms with Crippen LogP contribution >= 0.6 is 0 Å². The average molecular weight is 192 g/mol. The molecule has 0 aliphatic heterocycles. The number of hydrogen-bond donors (Lipinski definition) is 1. The summed E-state index contributed by atoms with van der Waals surface area (Å²) in [6.45, 7) is 3.97. The molecule has 5 nitrogen and oxygen atoms in total. The van der Waals surface area contributed by atoms with Crippen LogP contribution in [0.25, 0.3) is 11.6 Å². The molecule has 5 heteroatoms. The molecule has 0 spiro atoms. The maximum Gasteiger partial charge on any atom is 0.218 e. The molecule has 0 radical (unpaired) electrons. The number of rotatable bonds is 3. The maximum atomic E-state index is 5.19. The van der Waals surface area contributed by atoms with Gasteiger partial charge in [-0.1, -0.05) is 6.92 Å². The Bertz CT molecular complexity index is 418. The first-order chi connectivity index (χ1) is 6.81. The van der Waals surface area contributed by atoms with E-state index in [9.17, 15) is 0 Å². The van der Waals surface area contributed by atoms with E-state index >= 15 is 0 Å². The van der Waals surface area contributed by atoms with Crippen molar-refractivity contribution in [1.82, 2.24) is 20.2 Å². The Morgan fingerprint density at radius 3 is 3.00 bits per heavy atom. The van der Waals surface area contributed by atoms with Crippen molar-refractivity contribution >= 4 is 0 Å². The Balaban J connectivity index is 2.29. The highest BCUT2D eigenvalue weighted by Gasteiger charge is 2.11. The fraction of sp³-hybridized carbons (Fsp3) is 0.444. The van der Waals surface area contributed by atoms with Crippen molar-refractivity contribution in [2.45, 2.75) is 26.7 Å². The van der Waals surface area contributed by atoms with Crippen LogP contribution < -0.4 is 0 Å². The molecular formula is C9H12N4O. The third kappa shape index (κ3) is 1.53. The molecule has 0 amide bonds. The molecule has 0 aromatic carbocycles. The lowest BCUT2D eigenvalue weighted by Gasteiger charge is -1.88. The predicted octanol–water partition coefficient (Wildman–Crippen LogP) is 1.72. The van der Waals surface area contributed by atoms with Gasteiger partial charge in [0.05, 0.1) is 5.69 Å². The molecule has 74 valence electrons. The van der Waals surface area contributed by atoms with Crippen molar-refractivity contribution in [3.8, 4) is 11.6 Å². The van der Waals surface area contributed by atoms with Gasteiger partial charge in [0.1, 0.15) is 5.82 Å². The molecular weight excluding hydrogens is 180 g/mol. The van der Waals surface area contributed by atoms with Crippen LogP contribution in [0.2, 0.25) is 0 Å². The molecule has 2 aromatic rings. The van der Waals surface area contributed by atoms with Gasteiger partial charge in [-0.2, -0.15) is 0 Å². The normalized spacial score (nSPS) is 10.7. The Morgan fingerprint density at radius 2 is 2.36 bits per heavy atom. The number of nitrogens with zero attached hydrogens (tertiary/aromatic N) is 3. The third-order valence-corrected chi connectivity index (χ3v) is 1.97. The Morgan fingerprint density at radius 1 is 1.50 bits per heavy atom. The molecule has 1 N–H and O–H groups in total. The monoisotopic (exact) mass is 192 g/mol. The number of aromatic amines is 1. The van der Waals surface area contributed by atoms with Crippen LogP contribution in [-0.4, -0.2) is 20.2 Å². The van der Waals surface area contributed by atoms with Gasteiger partial charge in [0.15, 0.2) is 12.2 Å². The second-order valence-electron chi connectivity index (χ2n) is 3.12. The summed E-state index contributed by atoms with van der Waals surface area (Å²) in [5, 5.41) is 6.94. The minimum Gasteiger partial charge on any atom is -0.440 e. The lowest BCUT2D eigenvalue weighted by molar-refractivity contribution is 0.567. The summed E-state index contributed by atoms with van der Waals surface area (Å²) < 4.78 is 5.19. The average Bonchev–Trinajstić information content (AvgIpc) is 2.74. The van der Waals surface area contributed by atoms with E-state index in [1.54, 1.807) is 0 Å². The van der Waals surface area contributed by atoms with Crippen molar-refractivity contribution < 1.29 is 4.42 Å². The van der Waals surface area contributed by atoms with Crippen LogP contribution in [0.3, 0.4) is 0 Å². The van der Waals surface area contributed by atoms with Gasteiger partial charge < -0.3 is 4.42 Å². The van der Waals surface area contributed by atoms with Crippen molar-refractivity contribution in [2.75, 3.05) is 0 Å². The highest BCUT2D eigenvalue weighted by atomic mass is 16.3. The molecule has 2 heterocycles. The largest absolute Gasteiger partial charge is 0.440 e. The Kier molecular flexibility index (Phi) is 2.30. The lowest BCUT2D eigenvalue weighted by atomic mass is 10.3. The fourth-order valence-electron chi connectivity index (χ4n) is 1.26. The number of oxazole rings is 1. The van der Waals surface area contributed by atoms with E-state index in [1.807, 2.05) is 6.92 Å². The van der Waals surface area contributed by atoms with Gasteiger partial charge in [0, 0.05) is 6.42 Å². The molecule has 0 aliphatic carbocycles. The highest BCUT2D eigenvalue weighted by Crippen LogP contribution is 2.17. The van der Waals surface area contributed by atoms with E-state index < -0.39 is 0 Å². The molecule has 0 aliphatic rings. The molecule has 0 atom stereocenters. The van der Waals surface area contributed by atoms with Crippen molar-refractivity contribution in [2.24, 2.45) is 0 Å². The van der Waals surface area contributed by atoms with Crippen LogP contribution in [0.1, 0.15) is 24.9 Å². The Hall–Kier alpha value is -1.65. The zero-order valence-corrected chi connectivity index (χ0v) is 8.24. The minimum absolute atomic E-state index is 0.587. The summed E-state index contributed by atoms with van der Waals surface area (Å²) in [5.41, 5.74) is 0.812. The summed E-state index contributed by atoms with van der Waals surface area (Å²) in [7, 11) is 0. The van der Waals surface area contributed by atoms with Crippen molar-refractivity contribution in [1.29, 1.82) is 0 Å². The molecule has 14 heavy (non-hydrogen) atoms. The van der Waals surface area contributed by atoms with E-state index in [0.717, 1.165) is 24.4 Å². The van der Waals surface area contributed by atoms with Gasteiger partial charge in [-0.3, -0.25) is 5.10 Å². The van der Waals surface area contributed by atoms with Gasteiger partial charge in [0.25, 0.3) is 0 Å². The first-order valence-electron chi connectivity index (χ1n) is 4.63. The first kappa shape index (κ1) is 8.93. The predicted molar refractivity (Wildman–Crippen MR) is 50.6 cm³/mol. The quantitative estimate of drug-likeness (QED) is 0.804. The van der Waals surface area contributed by atoms with Gasteiger partial charge in [-0.25, -0.2) is 9.97 Å². The summed E-state index contributed by atoms with van der Waals surface area (Å²) in [5.74, 6) is 2.12. The van der Waals surface area contributed by atoms with E-state index in [4.69, 9.17) is 4.42 Å². The number of nitrogens with one attached hydrogen (secondary N) is 1. The number of aromatic nitrogens is 4. The zero-order valence-electron chi connectivity index (χ0n) is 8.24. The lowest BCUT2D eigenvalue weighted by Crippen LogP contribution is -1.85. The van der Waals surface area contributed by atoms with Crippen LogP contribution in [0.5, 0.6) is 0 Å². The maximum absolute atomic E-state index is 5.19. The van der Waals surface area contributed by atoms with Gasteiger partial charge in [0.2, 0.25) is 5.82 Å². The SMILES string of the molecule is CCCc1nc(-c2ocnc2C)n[nH]1. The highest BCUT2D eigenvalue weighted by molar-refractivity contribution is 5.48. The topological polar surface area (TPSA) is 67.6 Å². The molecule has 0 unspecified atom stereocenters. The van der Waals surface area contributed by atoms with Crippen molar-refractivity contribution in [3.63, 3.8) is 0 Å².